The summed E-state index contributed by atoms with van der Waals surface area (Å²) in [5.74, 6) is -0.0450. The summed E-state index contributed by atoms with van der Waals surface area (Å²) in [6.07, 6.45) is 3.97. The molecule has 1 aromatic carbocycles. The van der Waals surface area contributed by atoms with Crippen molar-refractivity contribution in [2.24, 2.45) is 0 Å². The van der Waals surface area contributed by atoms with Crippen molar-refractivity contribution in [2.45, 2.75) is 44.4 Å². The third-order valence-electron chi connectivity index (χ3n) is 4.09. The van der Waals surface area contributed by atoms with Crippen LogP contribution in [-0.4, -0.2) is 41.6 Å². The first-order chi connectivity index (χ1) is 11.0. The quantitative estimate of drug-likeness (QED) is 0.856. The lowest BCUT2D eigenvalue weighted by Crippen LogP contribution is -2.29. The minimum Gasteiger partial charge on any atom is -0.377 e. The molecule has 1 fully saturated rings. The number of rotatable bonds is 4. The van der Waals surface area contributed by atoms with Crippen LogP contribution < -0.4 is 0 Å². The van der Waals surface area contributed by atoms with Gasteiger partial charge in [0.1, 0.15) is 6.33 Å². The van der Waals surface area contributed by atoms with Crippen LogP contribution in [0.25, 0.3) is 5.69 Å². The molecule has 2 heterocycles. The second kappa shape index (κ2) is 6.41. The smallest absolute Gasteiger partial charge is 0.254 e. The van der Waals surface area contributed by atoms with Gasteiger partial charge in [-0.1, -0.05) is 17.7 Å². The Morgan fingerprint density at radius 2 is 2.13 bits per heavy atom. The molecule has 1 aliphatic rings. The van der Waals surface area contributed by atoms with E-state index in [0.717, 1.165) is 36.1 Å². The van der Waals surface area contributed by atoms with E-state index >= 15 is 0 Å². The molecule has 0 amide bonds. The van der Waals surface area contributed by atoms with Gasteiger partial charge in [-0.2, -0.15) is 0 Å². The van der Waals surface area contributed by atoms with Gasteiger partial charge in [0.05, 0.1) is 17.5 Å². The Hall–Kier alpha value is -1.73. The molecule has 23 heavy (non-hydrogen) atoms. The fourth-order valence-electron chi connectivity index (χ4n) is 2.94. The predicted octanol–water partition coefficient (Wildman–Crippen LogP) is 2.23. The highest BCUT2D eigenvalue weighted by molar-refractivity contribution is 7.91. The normalized spacial score (nSPS) is 19.0. The van der Waals surface area contributed by atoms with Crippen LogP contribution in [0.1, 0.15) is 30.4 Å². The Balaban J connectivity index is 1.93. The van der Waals surface area contributed by atoms with Crippen LogP contribution in [0.4, 0.5) is 0 Å². The van der Waals surface area contributed by atoms with Crippen LogP contribution in [0.15, 0.2) is 29.7 Å². The number of ether oxygens (including phenoxy) is 1. The monoisotopic (exact) mass is 335 g/mol. The molecule has 0 aliphatic carbocycles. The molecule has 124 valence electrons. The first-order valence-electron chi connectivity index (χ1n) is 7.79. The lowest BCUT2D eigenvalue weighted by Gasteiger charge is -2.22. The molecule has 0 bridgehead atoms. The average molecular weight is 335 g/mol. The van der Waals surface area contributed by atoms with Gasteiger partial charge in [0.2, 0.25) is 9.84 Å². The van der Waals surface area contributed by atoms with Crippen molar-refractivity contribution >= 4 is 9.84 Å². The summed E-state index contributed by atoms with van der Waals surface area (Å²) in [5, 5.41) is 7.66. The minimum atomic E-state index is -3.56. The fraction of sp³-hybridized carbons (Fsp3) is 0.500. The second-order valence-corrected chi connectivity index (χ2v) is 7.97. The molecule has 1 aliphatic heterocycles. The zero-order valence-electron chi connectivity index (χ0n) is 13.4. The zero-order valence-corrected chi connectivity index (χ0v) is 14.2. The number of nitrogens with zero attached hydrogens (tertiary/aromatic N) is 3. The summed E-state index contributed by atoms with van der Waals surface area (Å²) < 4.78 is 32.6. The summed E-state index contributed by atoms with van der Waals surface area (Å²) in [4.78, 5) is 0. The summed E-state index contributed by atoms with van der Waals surface area (Å²) in [7, 11) is -3.56. The van der Waals surface area contributed by atoms with E-state index in [9.17, 15) is 8.42 Å². The molecule has 0 radical (unpaired) electrons. The number of hydrogen-bond acceptors (Lipinski definition) is 5. The molecule has 1 atom stereocenters. The van der Waals surface area contributed by atoms with E-state index in [1.165, 1.54) is 6.33 Å². The lowest BCUT2D eigenvalue weighted by molar-refractivity contribution is 0.0304. The standard InChI is InChI=1S/C16H21N3O3S/c1-12-6-7-15(13(2)9-12)19-11-17-18-16(19)23(20,21)10-14-5-3-4-8-22-14/h6-7,9,11,14H,3-5,8,10H2,1-2H3/t14-/m1/s1. The maximum absolute atomic E-state index is 12.7. The zero-order chi connectivity index (χ0) is 16.4. The van der Waals surface area contributed by atoms with Gasteiger partial charge in [-0.15, -0.1) is 10.2 Å². The van der Waals surface area contributed by atoms with Crippen LogP contribution in [0, 0.1) is 13.8 Å². The molecule has 1 saturated heterocycles. The van der Waals surface area contributed by atoms with E-state index in [0.29, 0.717) is 6.61 Å². The van der Waals surface area contributed by atoms with Crippen molar-refractivity contribution in [2.75, 3.05) is 12.4 Å². The van der Waals surface area contributed by atoms with Crippen molar-refractivity contribution in [3.05, 3.63) is 35.7 Å². The third-order valence-corrected chi connectivity index (χ3v) is 5.73. The highest BCUT2D eigenvalue weighted by atomic mass is 32.2. The largest absolute Gasteiger partial charge is 0.377 e. The Kier molecular flexibility index (Phi) is 4.50. The van der Waals surface area contributed by atoms with Gasteiger partial charge in [0.25, 0.3) is 5.16 Å². The number of aryl methyl sites for hydroxylation is 2. The Labute approximate surface area is 136 Å². The first-order valence-corrected chi connectivity index (χ1v) is 9.44. The van der Waals surface area contributed by atoms with Gasteiger partial charge in [0, 0.05) is 6.61 Å². The van der Waals surface area contributed by atoms with Crippen molar-refractivity contribution in [1.82, 2.24) is 14.8 Å². The van der Waals surface area contributed by atoms with Gasteiger partial charge >= 0.3 is 0 Å². The van der Waals surface area contributed by atoms with Gasteiger partial charge in [-0.3, -0.25) is 4.57 Å². The van der Waals surface area contributed by atoms with Crippen LogP contribution >= 0.6 is 0 Å². The van der Waals surface area contributed by atoms with Gasteiger partial charge in [-0.05, 0) is 44.7 Å². The van der Waals surface area contributed by atoms with Gasteiger partial charge in [-0.25, -0.2) is 8.42 Å². The highest BCUT2D eigenvalue weighted by Gasteiger charge is 2.28. The minimum absolute atomic E-state index is 0.0152. The van der Waals surface area contributed by atoms with E-state index in [2.05, 4.69) is 10.2 Å². The highest BCUT2D eigenvalue weighted by Crippen LogP contribution is 2.22. The molecule has 3 rings (SSSR count). The van der Waals surface area contributed by atoms with Gasteiger partial charge in [0.15, 0.2) is 0 Å². The molecular weight excluding hydrogens is 314 g/mol. The first kappa shape index (κ1) is 16.1. The molecular formula is C16H21N3O3S. The molecule has 7 heteroatoms. The van der Waals surface area contributed by atoms with E-state index in [1.807, 2.05) is 32.0 Å². The second-order valence-electron chi connectivity index (χ2n) is 6.04. The maximum atomic E-state index is 12.7. The number of hydrogen-bond donors (Lipinski definition) is 0. The van der Waals surface area contributed by atoms with E-state index in [-0.39, 0.29) is 17.0 Å². The Morgan fingerprint density at radius 1 is 1.30 bits per heavy atom. The topological polar surface area (TPSA) is 74.1 Å². The van der Waals surface area contributed by atoms with E-state index in [1.54, 1.807) is 4.57 Å². The van der Waals surface area contributed by atoms with Crippen LogP contribution in [0.5, 0.6) is 0 Å². The number of benzene rings is 1. The molecule has 1 aromatic heterocycles. The predicted molar refractivity (Wildman–Crippen MR) is 86.5 cm³/mol. The summed E-state index contributed by atoms with van der Waals surface area (Å²) in [5.41, 5.74) is 2.89. The van der Waals surface area contributed by atoms with E-state index < -0.39 is 9.84 Å². The maximum Gasteiger partial charge on any atom is 0.254 e. The van der Waals surface area contributed by atoms with Crippen LogP contribution in [0.2, 0.25) is 0 Å². The van der Waals surface area contributed by atoms with E-state index in [4.69, 9.17) is 4.74 Å². The Bertz CT molecular complexity index is 793. The molecule has 0 spiro atoms. The average Bonchev–Trinajstić information content (AvgIpc) is 2.98. The molecule has 0 saturated carbocycles. The van der Waals surface area contributed by atoms with Crippen molar-refractivity contribution < 1.29 is 13.2 Å². The fourth-order valence-corrected chi connectivity index (χ4v) is 4.45. The molecule has 6 nitrogen and oxygen atoms in total. The van der Waals surface area contributed by atoms with Crippen molar-refractivity contribution in [3.8, 4) is 5.69 Å². The summed E-state index contributed by atoms with van der Waals surface area (Å²) >= 11 is 0. The summed E-state index contributed by atoms with van der Waals surface area (Å²) in [6.45, 7) is 4.58. The SMILES string of the molecule is Cc1ccc(-n2cnnc2S(=O)(=O)C[C@H]2CCCCO2)c(C)c1. The number of sulfone groups is 1. The lowest BCUT2D eigenvalue weighted by atomic mass is 10.1. The van der Waals surface area contributed by atoms with Crippen LogP contribution in [-0.2, 0) is 14.6 Å². The molecule has 0 N–H and O–H groups in total. The van der Waals surface area contributed by atoms with Crippen molar-refractivity contribution in [1.29, 1.82) is 0 Å². The third kappa shape index (κ3) is 3.45. The van der Waals surface area contributed by atoms with Crippen molar-refractivity contribution in [3.63, 3.8) is 0 Å². The van der Waals surface area contributed by atoms with Gasteiger partial charge < -0.3 is 4.74 Å². The molecule has 0 unspecified atom stereocenters. The van der Waals surface area contributed by atoms with Crippen LogP contribution in [0.3, 0.4) is 0 Å². The number of aromatic nitrogens is 3. The Morgan fingerprint density at radius 3 is 2.83 bits per heavy atom. The molecule has 2 aromatic rings. The summed E-state index contributed by atoms with van der Waals surface area (Å²) in [6, 6.07) is 5.85.